The van der Waals surface area contributed by atoms with Gasteiger partial charge in [-0.1, -0.05) is 6.07 Å². The summed E-state index contributed by atoms with van der Waals surface area (Å²) in [4.78, 5) is 17.8. The summed E-state index contributed by atoms with van der Waals surface area (Å²) in [6.07, 6.45) is 2.22. The van der Waals surface area contributed by atoms with Crippen LogP contribution in [-0.2, 0) is 4.79 Å². The van der Waals surface area contributed by atoms with E-state index in [0.717, 1.165) is 37.3 Å². The first-order valence-electron chi connectivity index (χ1n) is 5.86. The Hall–Kier alpha value is -1.38. The second kappa shape index (κ2) is 4.64. The molecular weight excluding hydrogens is 200 g/mol. The molecule has 1 saturated heterocycles. The number of likely N-dealkylation sites (tertiary alicyclic amines) is 1. The molecule has 1 aromatic heterocycles. The molecule has 1 aromatic rings. The zero-order valence-corrected chi connectivity index (χ0v) is 9.94. The Morgan fingerprint density at radius 2 is 2.31 bits per heavy atom. The number of aryl methyl sites for hydroxylation is 1. The number of nitrogens with zero attached hydrogens (tertiary/aromatic N) is 2. The number of carbonyl (C=O) groups is 1. The van der Waals surface area contributed by atoms with Gasteiger partial charge in [0.15, 0.2) is 0 Å². The Bertz CT molecular complexity index is 389. The van der Waals surface area contributed by atoms with Gasteiger partial charge in [-0.25, -0.2) is 0 Å². The molecule has 86 valence electrons. The fourth-order valence-corrected chi connectivity index (χ4v) is 2.30. The van der Waals surface area contributed by atoms with Crippen LogP contribution < -0.4 is 0 Å². The van der Waals surface area contributed by atoms with Crippen molar-refractivity contribution < 1.29 is 4.79 Å². The van der Waals surface area contributed by atoms with Crippen molar-refractivity contribution in [3.63, 3.8) is 0 Å². The first-order chi connectivity index (χ1) is 7.66. The van der Waals surface area contributed by atoms with Gasteiger partial charge in [0, 0.05) is 37.3 Å². The van der Waals surface area contributed by atoms with E-state index in [0.29, 0.717) is 5.92 Å². The fraction of sp³-hybridized carbons (Fsp3) is 0.538. The number of hydrogen-bond donors (Lipinski definition) is 0. The number of amides is 1. The van der Waals surface area contributed by atoms with E-state index in [9.17, 15) is 4.79 Å². The molecule has 1 atom stereocenters. The zero-order chi connectivity index (χ0) is 11.5. The second-order valence-electron chi connectivity index (χ2n) is 4.51. The Morgan fingerprint density at radius 3 is 3.00 bits per heavy atom. The van der Waals surface area contributed by atoms with Crippen molar-refractivity contribution in [2.75, 3.05) is 13.1 Å². The molecule has 1 aliphatic heterocycles. The summed E-state index contributed by atoms with van der Waals surface area (Å²) in [5.41, 5.74) is 2.18. The average molecular weight is 218 g/mol. The third-order valence-electron chi connectivity index (χ3n) is 3.19. The third-order valence-corrected chi connectivity index (χ3v) is 3.19. The molecule has 2 heterocycles. The number of rotatable bonds is 1. The molecular formula is C13H18N2O. The highest BCUT2D eigenvalue weighted by Gasteiger charge is 2.23. The van der Waals surface area contributed by atoms with Gasteiger partial charge in [-0.15, -0.1) is 0 Å². The van der Waals surface area contributed by atoms with E-state index in [-0.39, 0.29) is 5.91 Å². The maximum atomic E-state index is 11.3. The van der Waals surface area contributed by atoms with E-state index in [4.69, 9.17) is 0 Å². The van der Waals surface area contributed by atoms with E-state index in [2.05, 4.69) is 11.1 Å². The molecule has 1 fully saturated rings. The highest BCUT2D eigenvalue weighted by Crippen LogP contribution is 2.25. The van der Waals surface area contributed by atoms with Crippen LogP contribution in [0.4, 0.5) is 0 Å². The van der Waals surface area contributed by atoms with Crippen LogP contribution in [0.3, 0.4) is 0 Å². The molecule has 1 amide bonds. The predicted molar refractivity (Wildman–Crippen MR) is 63.2 cm³/mol. The molecule has 1 aliphatic rings. The smallest absolute Gasteiger partial charge is 0.219 e. The highest BCUT2D eigenvalue weighted by molar-refractivity contribution is 5.73. The van der Waals surface area contributed by atoms with E-state index >= 15 is 0 Å². The Kier molecular flexibility index (Phi) is 3.22. The molecule has 0 aliphatic carbocycles. The van der Waals surface area contributed by atoms with Gasteiger partial charge in [0.1, 0.15) is 0 Å². The van der Waals surface area contributed by atoms with E-state index < -0.39 is 0 Å². The van der Waals surface area contributed by atoms with Crippen molar-refractivity contribution in [1.82, 2.24) is 9.88 Å². The van der Waals surface area contributed by atoms with Crippen molar-refractivity contribution in [3.8, 4) is 0 Å². The summed E-state index contributed by atoms with van der Waals surface area (Å²) in [5, 5.41) is 0. The van der Waals surface area contributed by atoms with Crippen LogP contribution in [0.25, 0.3) is 0 Å². The van der Waals surface area contributed by atoms with Crippen molar-refractivity contribution in [1.29, 1.82) is 0 Å². The summed E-state index contributed by atoms with van der Waals surface area (Å²) in [7, 11) is 0. The van der Waals surface area contributed by atoms with Gasteiger partial charge >= 0.3 is 0 Å². The lowest BCUT2D eigenvalue weighted by atomic mass is 9.94. The normalized spacial score (nSPS) is 20.9. The first kappa shape index (κ1) is 11.1. The lowest BCUT2D eigenvalue weighted by molar-refractivity contribution is -0.130. The second-order valence-corrected chi connectivity index (χ2v) is 4.51. The lowest BCUT2D eigenvalue weighted by Crippen LogP contribution is -2.37. The summed E-state index contributed by atoms with van der Waals surface area (Å²) >= 11 is 0. The molecule has 16 heavy (non-hydrogen) atoms. The maximum absolute atomic E-state index is 11.3. The molecule has 0 radical (unpaired) electrons. The topological polar surface area (TPSA) is 33.2 Å². The molecule has 3 nitrogen and oxygen atoms in total. The van der Waals surface area contributed by atoms with Gasteiger partial charge in [-0.2, -0.15) is 0 Å². The van der Waals surface area contributed by atoms with Crippen LogP contribution in [0.1, 0.15) is 37.1 Å². The van der Waals surface area contributed by atoms with Crippen molar-refractivity contribution >= 4 is 5.91 Å². The minimum atomic E-state index is 0.178. The lowest BCUT2D eigenvalue weighted by Gasteiger charge is -2.31. The van der Waals surface area contributed by atoms with Crippen molar-refractivity contribution in [3.05, 3.63) is 29.6 Å². The number of hydrogen-bond acceptors (Lipinski definition) is 2. The Labute approximate surface area is 96.5 Å². The number of pyridine rings is 1. The van der Waals surface area contributed by atoms with Gasteiger partial charge < -0.3 is 4.90 Å². The minimum absolute atomic E-state index is 0.178. The highest BCUT2D eigenvalue weighted by atomic mass is 16.2. The van der Waals surface area contributed by atoms with Crippen LogP contribution in [0, 0.1) is 6.92 Å². The monoisotopic (exact) mass is 218 g/mol. The summed E-state index contributed by atoms with van der Waals surface area (Å²) < 4.78 is 0. The van der Waals surface area contributed by atoms with Gasteiger partial charge in [-0.05, 0) is 31.9 Å². The molecule has 1 unspecified atom stereocenters. The van der Waals surface area contributed by atoms with Gasteiger partial charge in [0.2, 0.25) is 5.91 Å². The van der Waals surface area contributed by atoms with Crippen LogP contribution in [-0.4, -0.2) is 28.9 Å². The van der Waals surface area contributed by atoms with Crippen LogP contribution >= 0.6 is 0 Å². The maximum Gasteiger partial charge on any atom is 0.219 e. The standard InChI is InChI=1S/C13H18N2O/c1-10-5-3-7-13(14-10)12-6-4-8-15(9-12)11(2)16/h3,5,7,12H,4,6,8-9H2,1-2H3. The van der Waals surface area contributed by atoms with Crippen LogP contribution in [0.5, 0.6) is 0 Å². The van der Waals surface area contributed by atoms with Gasteiger partial charge in [0.25, 0.3) is 0 Å². The average Bonchev–Trinajstić information content (AvgIpc) is 2.29. The molecule has 0 saturated carbocycles. The van der Waals surface area contributed by atoms with Crippen LogP contribution in [0.2, 0.25) is 0 Å². The third kappa shape index (κ3) is 2.40. The molecule has 2 rings (SSSR count). The number of aromatic nitrogens is 1. The summed E-state index contributed by atoms with van der Waals surface area (Å²) in [5.74, 6) is 0.593. The fourth-order valence-electron chi connectivity index (χ4n) is 2.30. The molecule has 0 bridgehead atoms. The predicted octanol–water partition coefficient (Wildman–Crippen LogP) is 2.12. The van der Waals surface area contributed by atoms with E-state index in [1.807, 2.05) is 24.0 Å². The summed E-state index contributed by atoms with van der Waals surface area (Å²) in [6, 6.07) is 6.13. The zero-order valence-electron chi connectivity index (χ0n) is 9.94. The quantitative estimate of drug-likeness (QED) is 0.723. The van der Waals surface area contributed by atoms with E-state index in [1.54, 1.807) is 6.92 Å². The number of carbonyl (C=O) groups excluding carboxylic acids is 1. The van der Waals surface area contributed by atoms with Gasteiger partial charge in [-0.3, -0.25) is 9.78 Å². The summed E-state index contributed by atoms with van der Waals surface area (Å²) in [6.45, 7) is 5.38. The van der Waals surface area contributed by atoms with Gasteiger partial charge in [0.05, 0.1) is 0 Å². The van der Waals surface area contributed by atoms with Crippen molar-refractivity contribution in [2.24, 2.45) is 0 Å². The largest absolute Gasteiger partial charge is 0.342 e. The number of piperidine rings is 1. The first-order valence-corrected chi connectivity index (χ1v) is 5.86. The molecule has 3 heteroatoms. The SMILES string of the molecule is CC(=O)N1CCCC(c2cccc(C)n2)C1. The Balaban J connectivity index is 2.12. The van der Waals surface area contributed by atoms with Crippen LogP contribution in [0.15, 0.2) is 18.2 Å². The Morgan fingerprint density at radius 1 is 1.50 bits per heavy atom. The molecule has 0 N–H and O–H groups in total. The minimum Gasteiger partial charge on any atom is -0.342 e. The molecule has 0 aromatic carbocycles. The molecule has 0 spiro atoms. The van der Waals surface area contributed by atoms with E-state index in [1.165, 1.54) is 0 Å². The van der Waals surface area contributed by atoms with Crippen molar-refractivity contribution in [2.45, 2.75) is 32.6 Å².